The van der Waals surface area contributed by atoms with E-state index >= 15 is 0 Å². The highest BCUT2D eigenvalue weighted by atomic mass is 32.2. The van der Waals surface area contributed by atoms with Crippen LogP contribution in [-0.4, -0.2) is 10.7 Å². The molecule has 1 heterocycles. The van der Waals surface area contributed by atoms with E-state index in [4.69, 9.17) is 5.11 Å². The monoisotopic (exact) mass is 165 g/mol. The summed E-state index contributed by atoms with van der Waals surface area (Å²) in [6.07, 6.45) is 0. The lowest BCUT2D eigenvalue weighted by Crippen LogP contribution is -1.90. The molecule has 11 heavy (non-hydrogen) atoms. The highest BCUT2D eigenvalue weighted by molar-refractivity contribution is 8.12. The number of rotatable bonds is 0. The minimum atomic E-state index is 0.321. The summed E-state index contributed by atoms with van der Waals surface area (Å²) in [7, 11) is 0. The van der Waals surface area contributed by atoms with Gasteiger partial charge in [-0.3, -0.25) is 4.99 Å². The minimum absolute atomic E-state index is 0.321. The van der Waals surface area contributed by atoms with Crippen LogP contribution in [0.25, 0.3) is 0 Å². The number of hydrogen-bond acceptors (Lipinski definition) is 3. The number of aromatic hydroxyl groups is 1. The summed E-state index contributed by atoms with van der Waals surface area (Å²) >= 11 is 1.59. The molecule has 0 fully saturated rings. The highest BCUT2D eigenvalue weighted by Crippen LogP contribution is 2.28. The molecule has 2 rings (SSSR count). The first-order chi connectivity index (χ1) is 5.36. The SMILES string of the molecule is Oc1ccc2c(c1)CN=CS2. The first kappa shape index (κ1) is 6.73. The van der Waals surface area contributed by atoms with Crippen molar-refractivity contribution >= 4 is 17.3 Å². The van der Waals surface area contributed by atoms with E-state index in [-0.39, 0.29) is 0 Å². The number of phenolic OH excluding ortho intramolecular Hbond substituents is 1. The highest BCUT2D eigenvalue weighted by Gasteiger charge is 2.05. The molecule has 0 atom stereocenters. The molecule has 1 aliphatic rings. The number of nitrogens with zero attached hydrogens (tertiary/aromatic N) is 1. The van der Waals surface area contributed by atoms with Gasteiger partial charge in [-0.15, -0.1) is 0 Å². The molecule has 56 valence electrons. The fourth-order valence-electron chi connectivity index (χ4n) is 1.03. The Kier molecular flexibility index (Phi) is 1.58. The van der Waals surface area contributed by atoms with Crippen molar-refractivity contribution in [2.75, 3.05) is 0 Å². The number of benzene rings is 1. The molecule has 1 aromatic carbocycles. The van der Waals surface area contributed by atoms with Crippen molar-refractivity contribution in [2.45, 2.75) is 11.4 Å². The van der Waals surface area contributed by atoms with E-state index in [2.05, 4.69) is 4.99 Å². The van der Waals surface area contributed by atoms with Crippen LogP contribution in [0.15, 0.2) is 28.1 Å². The molecular weight excluding hydrogens is 158 g/mol. The number of phenols is 1. The number of aliphatic imine (C=N–C) groups is 1. The van der Waals surface area contributed by atoms with E-state index in [1.807, 2.05) is 11.6 Å². The Morgan fingerprint density at radius 1 is 1.45 bits per heavy atom. The average molecular weight is 165 g/mol. The van der Waals surface area contributed by atoms with Gasteiger partial charge < -0.3 is 5.11 Å². The van der Waals surface area contributed by atoms with Crippen LogP contribution in [0.2, 0.25) is 0 Å². The Bertz CT molecular complexity index is 309. The fourth-order valence-corrected chi connectivity index (χ4v) is 1.72. The Labute approximate surface area is 69.0 Å². The molecule has 0 aliphatic carbocycles. The van der Waals surface area contributed by atoms with E-state index in [1.165, 1.54) is 4.90 Å². The first-order valence-electron chi connectivity index (χ1n) is 3.33. The van der Waals surface area contributed by atoms with Gasteiger partial charge in [-0.05, 0) is 23.8 Å². The molecule has 0 amide bonds. The third kappa shape index (κ3) is 1.24. The molecule has 1 N–H and O–H groups in total. The van der Waals surface area contributed by atoms with Gasteiger partial charge in [0.05, 0.1) is 12.1 Å². The molecule has 0 aromatic heterocycles. The molecule has 0 unspecified atom stereocenters. The molecular formula is C8H7NOS. The van der Waals surface area contributed by atoms with Crippen molar-refractivity contribution in [3.05, 3.63) is 23.8 Å². The molecule has 0 bridgehead atoms. The molecule has 0 saturated carbocycles. The van der Waals surface area contributed by atoms with Crippen molar-refractivity contribution in [3.63, 3.8) is 0 Å². The van der Waals surface area contributed by atoms with Crippen molar-refractivity contribution in [1.82, 2.24) is 0 Å². The van der Waals surface area contributed by atoms with Gasteiger partial charge >= 0.3 is 0 Å². The van der Waals surface area contributed by atoms with Gasteiger partial charge in [0, 0.05) is 4.90 Å². The summed E-state index contributed by atoms with van der Waals surface area (Å²) in [5, 5.41) is 9.13. The molecule has 0 radical (unpaired) electrons. The maximum absolute atomic E-state index is 9.13. The summed E-state index contributed by atoms with van der Waals surface area (Å²) in [5.74, 6) is 0.321. The second-order valence-corrected chi connectivity index (χ2v) is 3.24. The Balaban J connectivity index is 2.48. The van der Waals surface area contributed by atoms with Crippen molar-refractivity contribution < 1.29 is 5.11 Å². The summed E-state index contributed by atoms with van der Waals surface area (Å²) < 4.78 is 0. The summed E-state index contributed by atoms with van der Waals surface area (Å²) in [4.78, 5) is 5.28. The van der Waals surface area contributed by atoms with E-state index in [9.17, 15) is 0 Å². The zero-order valence-corrected chi connectivity index (χ0v) is 6.64. The second kappa shape index (κ2) is 2.58. The largest absolute Gasteiger partial charge is 0.508 e. The van der Waals surface area contributed by atoms with E-state index in [0.717, 1.165) is 5.56 Å². The van der Waals surface area contributed by atoms with Crippen LogP contribution in [0.4, 0.5) is 0 Å². The fraction of sp³-hybridized carbons (Fsp3) is 0.125. The lowest BCUT2D eigenvalue weighted by molar-refractivity contribution is 0.474. The molecule has 1 aliphatic heterocycles. The zero-order valence-electron chi connectivity index (χ0n) is 5.82. The van der Waals surface area contributed by atoms with Crippen molar-refractivity contribution in [3.8, 4) is 5.75 Å². The van der Waals surface area contributed by atoms with Crippen LogP contribution in [0, 0.1) is 0 Å². The van der Waals surface area contributed by atoms with Gasteiger partial charge in [-0.25, -0.2) is 0 Å². The van der Waals surface area contributed by atoms with Crippen LogP contribution in [0.1, 0.15) is 5.56 Å². The second-order valence-electron chi connectivity index (χ2n) is 2.36. The van der Waals surface area contributed by atoms with Crippen LogP contribution >= 0.6 is 11.8 Å². The van der Waals surface area contributed by atoms with Crippen LogP contribution < -0.4 is 0 Å². The number of hydrogen-bond donors (Lipinski definition) is 1. The number of thioether (sulfide) groups is 1. The standard InChI is InChI=1S/C8H7NOS/c10-7-1-2-8-6(3-7)4-9-5-11-8/h1-3,5,10H,4H2. The normalized spacial score (nSPS) is 14.5. The van der Waals surface area contributed by atoms with Gasteiger partial charge in [0.2, 0.25) is 0 Å². The van der Waals surface area contributed by atoms with E-state index < -0.39 is 0 Å². The Morgan fingerprint density at radius 3 is 3.27 bits per heavy atom. The predicted molar refractivity (Wildman–Crippen MR) is 46.2 cm³/mol. The third-order valence-corrected chi connectivity index (χ3v) is 2.47. The van der Waals surface area contributed by atoms with Gasteiger partial charge in [-0.2, -0.15) is 0 Å². The average Bonchev–Trinajstić information content (AvgIpc) is 2.04. The lowest BCUT2D eigenvalue weighted by atomic mass is 10.2. The maximum atomic E-state index is 9.13. The van der Waals surface area contributed by atoms with Crippen molar-refractivity contribution in [2.24, 2.45) is 4.99 Å². The summed E-state index contributed by atoms with van der Waals surface area (Å²) in [5.41, 5.74) is 2.94. The molecule has 0 spiro atoms. The molecule has 2 nitrogen and oxygen atoms in total. The van der Waals surface area contributed by atoms with Crippen LogP contribution in [0.5, 0.6) is 5.75 Å². The molecule has 3 heteroatoms. The van der Waals surface area contributed by atoms with Crippen LogP contribution in [0.3, 0.4) is 0 Å². The first-order valence-corrected chi connectivity index (χ1v) is 4.21. The quantitative estimate of drug-likeness (QED) is 0.638. The van der Waals surface area contributed by atoms with Gasteiger partial charge in [-0.1, -0.05) is 11.8 Å². The lowest BCUT2D eigenvalue weighted by Gasteiger charge is -2.08. The molecule has 0 saturated heterocycles. The smallest absolute Gasteiger partial charge is 0.116 e. The Morgan fingerprint density at radius 2 is 2.36 bits per heavy atom. The number of fused-ring (bicyclic) bond motifs is 1. The van der Waals surface area contributed by atoms with Crippen LogP contribution in [-0.2, 0) is 6.54 Å². The minimum Gasteiger partial charge on any atom is -0.508 e. The van der Waals surface area contributed by atoms with E-state index in [0.29, 0.717) is 12.3 Å². The Hall–Kier alpha value is -0.960. The third-order valence-electron chi connectivity index (χ3n) is 1.56. The van der Waals surface area contributed by atoms with Gasteiger partial charge in [0.25, 0.3) is 0 Å². The van der Waals surface area contributed by atoms with Gasteiger partial charge in [0.1, 0.15) is 5.75 Å². The predicted octanol–water partition coefficient (Wildman–Crippen LogP) is 2.03. The maximum Gasteiger partial charge on any atom is 0.116 e. The summed E-state index contributed by atoms with van der Waals surface area (Å²) in [6, 6.07) is 5.38. The van der Waals surface area contributed by atoms with E-state index in [1.54, 1.807) is 23.9 Å². The molecule has 1 aromatic rings. The van der Waals surface area contributed by atoms with Crippen molar-refractivity contribution in [1.29, 1.82) is 0 Å². The summed E-state index contributed by atoms with van der Waals surface area (Å²) in [6.45, 7) is 0.691. The topological polar surface area (TPSA) is 32.6 Å². The van der Waals surface area contributed by atoms with Gasteiger partial charge in [0.15, 0.2) is 0 Å². The zero-order chi connectivity index (χ0) is 7.68.